The van der Waals surface area contributed by atoms with E-state index < -0.39 is 29.8 Å². The molecule has 26 heavy (non-hydrogen) atoms. The van der Waals surface area contributed by atoms with E-state index >= 15 is 0 Å². The number of nitrogens with two attached hydrogens (primary N) is 1. The highest BCUT2D eigenvalue weighted by Crippen LogP contribution is 2.32. The zero-order valence-corrected chi connectivity index (χ0v) is 15.6. The number of nitrogens with one attached hydrogen (secondary N) is 1. The number of halogens is 4. The van der Waals surface area contributed by atoms with Crippen molar-refractivity contribution in [1.82, 2.24) is 4.90 Å². The molecule has 0 bridgehead atoms. The number of benzene rings is 1. The minimum absolute atomic E-state index is 0.00489. The second kappa shape index (κ2) is 8.49. The molecule has 2 atom stereocenters. The first-order valence-corrected chi connectivity index (χ1v) is 9.00. The summed E-state index contributed by atoms with van der Waals surface area (Å²) in [6.07, 6.45) is -3.60. The molecule has 1 aliphatic rings. The Kier molecular flexibility index (Phi) is 6.81. The molecule has 1 saturated heterocycles. The van der Waals surface area contributed by atoms with E-state index in [-0.39, 0.29) is 17.0 Å². The first kappa shape index (κ1) is 20.9. The van der Waals surface area contributed by atoms with Crippen molar-refractivity contribution < 1.29 is 23.1 Å². The van der Waals surface area contributed by atoms with Crippen LogP contribution in [0, 0.1) is 11.3 Å². The van der Waals surface area contributed by atoms with Gasteiger partial charge in [0, 0.05) is 6.42 Å². The summed E-state index contributed by atoms with van der Waals surface area (Å²) in [6, 6.07) is 3.66. The summed E-state index contributed by atoms with van der Waals surface area (Å²) in [5, 5.41) is 17.5. The highest BCUT2D eigenvalue weighted by Gasteiger charge is 2.34. The zero-order chi connectivity index (χ0) is 19.5. The average molecular weight is 436 g/mol. The molecule has 0 aromatic heterocycles. The lowest BCUT2D eigenvalue weighted by molar-refractivity contribution is -0.137. The van der Waals surface area contributed by atoms with E-state index in [4.69, 9.17) is 11.1 Å². The van der Waals surface area contributed by atoms with Crippen LogP contribution in [0.1, 0.15) is 36.4 Å². The van der Waals surface area contributed by atoms with Gasteiger partial charge < -0.3 is 10.8 Å². The molecule has 5 nitrogen and oxygen atoms in total. The van der Waals surface area contributed by atoms with Crippen LogP contribution in [-0.4, -0.2) is 39.7 Å². The fourth-order valence-electron chi connectivity index (χ4n) is 3.32. The van der Waals surface area contributed by atoms with Gasteiger partial charge in [-0.3, -0.25) is 15.1 Å². The van der Waals surface area contributed by atoms with E-state index in [1.807, 2.05) is 4.90 Å². The molecule has 144 valence electrons. The summed E-state index contributed by atoms with van der Waals surface area (Å²) in [5.74, 6) is -0.615. The van der Waals surface area contributed by atoms with Crippen LogP contribution in [0.15, 0.2) is 24.3 Å². The third kappa shape index (κ3) is 5.28. The van der Waals surface area contributed by atoms with Crippen LogP contribution in [-0.2, 0) is 11.0 Å². The van der Waals surface area contributed by atoms with E-state index in [0.29, 0.717) is 31.5 Å². The Morgan fingerprint density at radius 1 is 1.31 bits per heavy atom. The monoisotopic (exact) mass is 435 g/mol. The highest BCUT2D eigenvalue weighted by atomic mass is 79.9. The summed E-state index contributed by atoms with van der Waals surface area (Å²) in [6.45, 7) is 0.984. The van der Waals surface area contributed by atoms with Gasteiger partial charge in [0.2, 0.25) is 5.91 Å². The molecule has 1 amide bonds. The van der Waals surface area contributed by atoms with Crippen molar-refractivity contribution in [3.63, 3.8) is 0 Å². The molecular weight excluding hydrogens is 415 g/mol. The van der Waals surface area contributed by atoms with Crippen molar-refractivity contribution in [3.8, 4) is 0 Å². The number of alkyl halides is 3. The molecule has 0 spiro atoms. The molecule has 2 rings (SSSR count). The number of hydrogen-bond donors (Lipinski definition) is 3. The Morgan fingerprint density at radius 2 is 1.85 bits per heavy atom. The van der Waals surface area contributed by atoms with Crippen molar-refractivity contribution in [3.05, 3.63) is 35.4 Å². The molecular formula is C17H21BrF3N3O2. The maximum absolute atomic E-state index is 12.7. The van der Waals surface area contributed by atoms with E-state index in [1.54, 1.807) is 0 Å². The lowest BCUT2D eigenvalue weighted by atomic mass is 9.88. The first-order chi connectivity index (χ1) is 12.1. The number of hydrogen-bond acceptors (Lipinski definition) is 4. The van der Waals surface area contributed by atoms with Crippen LogP contribution in [0.3, 0.4) is 0 Å². The number of amides is 1. The van der Waals surface area contributed by atoms with Crippen molar-refractivity contribution >= 4 is 26.5 Å². The van der Waals surface area contributed by atoms with Crippen molar-refractivity contribution in [2.24, 2.45) is 11.7 Å². The Labute approximate surface area is 158 Å². The maximum Gasteiger partial charge on any atom is 0.416 e. The SMILES string of the molecule is N=C(Br)C[C@@H](O)C1CCN(C(C(N)=O)c2ccc(C(F)(F)F)cc2)CC1. The van der Waals surface area contributed by atoms with E-state index in [1.165, 1.54) is 12.1 Å². The van der Waals surface area contributed by atoms with Gasteiger partial charge in [0.25, 0.3) is 0 Å². The number of carbonyl (C=O) groups excluding carboxylic acids is 1. The fraction of sp³-hybridized carbons (Fsp3) is 0.529. The quantitative estimate of drug-likeness (QED) is 0.599. The van der Waals surface area contributed by atoms with Crippen LogP contribution in [0.5, 0.6) is 0 Å². The van der Waals surface area contributed by atoms with Crippen LogP contribution >= 0.6 is 15.9 Å². The normalized spacial score (nSPS) is 19.1. The van der Waals surface area contributed by atoms with Gasteiger partial charge in [-0.05, 0) is 65.5 Å². The molecule has 9 heteroatoms. The minimum atomic E-state index is -4.43. The molecule has 1 fully saturated rings. The van der Waals surface area contributed by atoms with Crippen LogP contribution in [0.2, 0.25) is 0 Å². The molecule has 0 saturated carbocycles. The Balaban J connectivity index is 2.07. The Bertz CT molecular complexity index is 644. The van der Waals surface area contributed by atoms with Gasteiger partial charge in [0.15, 0.2) is 0 Å². The topological polar surface area (TPSA) is 90.4 Å². The summed E-state index contributed by atoms with van der Waals surface area (Å²) in [5.41, 5.74) is 5.15. The standard InChI is InChI=1S/C17H21BrF3N3O2/c18-14(22)9-13(25)10-5-7-24(8-6-10)15(16(23)26)11-1-3-12(4-2-11)17(19,20)21/h1-4,10,13,15,22,25H,5-9H2,(H2,23,26)/t13-,15?/m1/s1. The summed E-state index contributed by atoms with van der Waals surface area (Å²) < 4.78 is 38.3. The van der Waals surface area contributed by atoms with E-state index in [2.05, 4.69) is 15.9 Å². The molecule has 4 N–H and O–H groups in total. The number of primary amides is 1. The van der Waals surface area contributed by atoms with Gasteiger partial charge >= 0.3 is 6.18 Å². The molecule has 1 aromatic carbocycles. The summed E-state index contributed by atoms with van der Waals surface area (Å²) in [7, 11) is 0. The number of aliphatic hydroxyl groups is 1. The highest BCUT2D eigenvalue weighted by molar-refractivity contribution is 9.18. The van der Waals surface area contributed by atoms with Gasteiger partial charge in [-0.25, -0.2) is 0 Å². The predicted molar refractivity (Wildman–Crippen MR) is 95.0 cm³/mol. The van der Waals surface area contributed by atoms with Gasteiger partial charge in [0.1, 0.15) is 6.04 Å². The predicted octanol–water partition coefficient (Wildman–Crippen LogP) is 3.07. The summed E-state index contributed by atoms with van der Waals surface area (Å²) in [4.78, 5) is 13.7. The Hall–Kier alpha value is -1.45. The van der Waals surface area contributed by atoms with E-state index in [0.717, 1.165) is 12.1 Å². The third-order valence-corrected chi connectivity index (χ3v) is 5.02. The number of carbonyl (C=O) groups is 1. The molecule has 0 aliphatic carbocycles. The lowest BCUT2D eigenvalue weighted by Gasteiger charge is -2.37. The number of piperidine rings is 1. The van der Waals surface area contributed by atoms with E-state index in [9.17, 15) is 23.1 Å². The first-order valence-electron chi connectivity index (χ1n) is 8.21. The molecule has 1 heterocycles. The summed E-state index contributed by atoms with van der Waals surface area (Å²) >= 11 is 3.02. The molecule has 1 aliphatic heterocycles. The van der Waals surface area contributed by atoms with Gasteiger partial charge in [-0.2, -0.15) is 13.2 Å². The second-order valence-corrected chi connectivity index (χ2v) is 7.43. The lowest BCUT2D eigenvalue weighted by Crippen LogP contribution is -2.44. The third-order valence-electron chi connectivity index (χ3n) is 4.70. The number of nitrogens with zero attached hydrogens (tertiary/aromatic N) is 1. The van der Waals surface area contributed by atoms with Crippen LogP contribution in [0.25, 0.3) is 0 Å². The van der Waals surface area contributed by atoms with Crippen LogP contribution < -0.4 is 5.73 Å². The molecule has 0 radical (unpaired) electrons. The minimum Gasteiger partial charge on any atom is -0.392 e. The van der Waals surface area contributed by atoms with Gasteiger partial charge in [-0.15, -0.1) is 0 Å². The Morgan fingerprint density at radius 3 is 2.27 bits per heavy atom. The maximum atomic E-state index is 12.7. The average Bonchev–Trinajstić information content (AvgIpc) is 2.54. The number of likely N-dealkylation sites (tertiary alicyclic amines) is 1. The van der Waals surface area contributed by atoms with Gasteiger partial charge in [0.05, 0.1) is 16.3 Å². The zero-order valence-electron chi connectivity index (χ0n) is 14.0. The van der Waals surface area contributed by atoms with Crippen molar-refractivity contribution in [1.29, 1.82) is 5.41 Å². The van der Waals surface area contributed by atoms with Crippen molar-refractivity contribution in [2.75, 3.05) is 13.1 Å². The number of aliphatic hydroxyl groups excluding tert-OH is 1. The number of rotatable bonds is 6. The second-order valence-electron chi connectivity index (χ2n) is 6.47. The fourth-order valence-corrected chi connectivity index (χ4v) is 3.65. The molecule has 1 aromatic rings. The van der Waals surface area contributed by atoms with Gasteiger partial charge in [-0.1, -0.05) is 12.1 Å². The molecule has 1 unspecified atom stereocenters. The van der Waals surface area contributed by atoms with Crippen LogP contribution in [0.4, 0.5) is 13.2 Å². The smallest absolute Gasteiger partial charge is 0.392 e. The van der Waals surface area contributed by atoms with Crippen molar-refractivity contribution in [2.45, 2.75) is 37.6 Å². The largest absolute Gasteiger partial charge is 0.416 e.